The lowest BCUT2D eigenvalue weighted by Gasteiger charge is -2.16. The van der Waals surface area contributed by atoms with Gasteiger partial charge in [0.25, 0.3) is 0 Å². The van der Waals surface area contributed by atoms with Gasteiger partial charge in [-0.3, -0.25) is 4.79 Å². The van der Waals surface area contributed by atoms with Gasteiger partial charge in [-0.1, -0.05) is 6.07 Å². The average Bonchev–Trinajstić information content (AvgIpc) is 2.37. The highest BCUT2D eigenvalue weighted by Crippen LogP contribution is 2.18. The van der Waals surface area contributed by atoms with Gasteiger partial charge in [-0.15, -0.1) is 0 Å². The van der Waals surface area contributed by atoms with Gasteiger partial charge in [0.2, 0.25) is 5.43 Å². The van der Waals surface area contributed by atoms with E-state index in [1.165, 1.54) is 6.20 Å². The highest BCUT2D eigenvalue weighted by Gasteiger charge is 2.15. The zero-order valence-corrected chi connectivity index (χ0v) is 11.5. The normalized spacial score (nSPS) is 11.2. The Morgan fingerprint density at radius 1 is 1.40 bits per heavy atom. The summed E-state index contributed by atoms with van der Waals surface area (Å²) in [6, 6.07) is 5.13. The largest absolute Gasteiger partial charge is 0.477 e. The Bertz CT molecular complexity index is 719. The van der Waals surface area contributed by atoms with E-state index in [9.17, 15) is 9.59 Å². The molecule has 0 aliphatic rings. The second-order valence-corrected chi connectivity index (χ2v) is 4.92. The van der Waals surface area contributed by atoms with Crippen molar-refractivity contribution >= 4 is 22.6 Å². The van der Waals surface area contributed by atoms with E-state index in [2.05, 4.69) is 0 Å². The van der Waals surface area contributed by atoms with Gasteiger partial charge in [-0.25, -0.2) is 4.79 Å². The molecule has 0 aliphatic heterocycles. The van der Waals surface area contributed by atoms with E-state index in [0.29, 0.717) is 17.7 Å². The Kier molecular flexibility index (Phi) is 3.76. The van der Waals surface area contributed by atoms with Crippen LogP contribution in [0, 0.1) is 0 Å². The monoisotopic (exact) mass is 275 g/mol. The number of anilines is 1. The number of pyridine rings is 1. The summed E-state index contributed by atoms with van der Waals surface area (Å²) in [6.45, 7) is 1.30. The van der Waals surface area contributed by atoms with Gasteiger partial charge in [-0.05, 0) is 26.2 Å². The molecule has 2 aromatic rings. The smallest absolute Gasteiger partial charge is 0.341 e. The maximum atomic E-state index is 12.2. The van der Waals surface area contributed by atoms with E-state index in [1.807, 2.05) is 19.0 Å². The number of nitrogens with zero attached hydrogens (tertiary/aromatic N) is 2. The van der Waals surface area contributed by atoms with Crippen LogP contribution in [0.4, 0.5) is 5.69 Å². The second kappa shape index (κ2) is 5.34. The van der Waals surface area contributed by atoms with Crippen molar-refractivity contribution in [3.05, 3.63) is 40.2 Å². The standard InChI is InChI=1S/C14H17N3O3/c1-16(2)6-7-17-8-9(14(19)20)13(18)12-10(15)4-3-5-11(12)17/h3-5,8H,6-7,15H2,1-2H3,(H,19,20). The first-order valence-corrected chi connectivity index (χ1v) is 6.21. The summed E-state index contributed by atoms with van der Waals surface area (Å²) in [5.41, 5.74) is 6.00. The zero-order chi connectivity index (χ0) is 14.9. The topological polar surface area (TPSA) is 88.6 Å². The van der Waals surface area contributed by atoms with Crippen molar-refractivity contribution in [3.8, 4) is 0 Å². The fraction of sp³-hybridized carbons (Fsp3) is 0.286. The number of carboxylic acid groups (broad SMARTS) is 1. The molecule has 0 radical (unpaired) electrons. The molecule has 2 rings (SSSR count). The number of rotatable bonds is 4. The molecule has 1 aromatic heterocycles. The summed E-state index contributed by atoms with van der Waals surface area (Å²) in [7, 11) is 3.86. The maximum Gasteiger partial charge on any atom is 0.341 e. The van der Waals surface area contributed by atoms with Crippen LogP contribution in [-0.2, 0) is 6.54 Å². The Labute approximate surface area is 116 Å². The molecule has 6 heteroatoms. The van der Waals surface area contributed by atoms with Crippen LogP contribution >= 0.6 is 0 Å². The molecule has 0 spiro atoms. The third kappa shape index (κ3) is 2.50. The van der Waals surface area contributed by atoms with Gasteiger partial charge < -0.3 is 20.3 Å². The number of aromatic carboxylic acids is 1. The molecule has 6 nitrogen and oxygen atoms in total. The van der Waals surface area contributed by atoms with Gasteiger partial charge in [0.15, 0.2) is 0 Å². The van der Waals surface area contributed by atoms with Crippen molar-refractivity contribution in [1.29, 1.82) is 0 Å². The lowest BCUT2D eigenvalue weighted by Crippen LogP contribution is -2.23. The Morgan fingerprint density at radius 3 is 2.70 bits per heavy atom. The second-order valence-electron chi connectivity index (χ2n) is 4.92. The summed E-state index contributed by atoms with van der Waals surface area (Å²) in [6.07, 6.45) is 1.38. The predicted molar refractivity (Wildman–Crippen MR) is 78.1 cm³/mol. The van der Waals surface area contributed by atoms with Crippen LogP contribution in [0.5, 0.6) is 0 Å². The van der Waals surface area contributed by atoms with E-state index >= 15 is 0 Å². The summed E-state index contributed by atoms with van der Waals surface area (Å²) in [5, 5.41) is 9.42. The maximum absolute atomic E-state index is 12.2. The third-order valence-corrected chi connectivity index (χ3v) is 3.16. The molecule has 0 atom stereocenters. The van der Waals surface area contributed by atoms with E-state index < -0.39 is 11.4 Å². The number of fused-ring (bicyclic) bond motifs is 1. The number of nitrogen functional groups attached to an aromatic ring is 1. The number of carboxylic acids is 1. The minimum atomic E-state index is -1.24. The fourth-order valence-corrected chi connectivity index (χ4v) is 2.11. The lowest BCUT2D eigenvalue weighted by molar-refractivity contribution is 0.0695. The van der Waals surface area contributed by atoms with Crippen LogP contribution in [0.3, 0.4) is 0 Å². The summed E-state index contributed by atoms with van der Waals surface area (Å²) >= 11 is 0. The van der Waals surface area contributed by atoms with E-state index in [1.54, 1.807) is 22.8 Å². The Hall–Kier alpha value is -2.34. The van der Waals surface area contributed by atoms with E-state index in [4.69, 9.17) is 10.8 Å². The molecule has 0 saturated heterocycles. The molecule has 0 saturated carbocycles. The number of carbonyl (C=O) groups is 1. The van der Waals surface area contributed by atoms with Crippen molar-refractivity contribution in [2.75, 3.05) is 26.4 Å². The van der Waals surface area contributed by atoms with Gasteiger partial charge in [0.1, 0.15) is 5.56 Å². The minimum absolute atomic E-state index is 0.255. The van der Waals surface area contributed by atoms with E-state index in [-0.39, 0.29) is 10.9 Å². The summed E-state index contributed by atoms with van der Waals surface area (Å²) in [4.78, 5) is 25.4. The van der Waals surface area contributed by atoms with Crippen molar-refractivity contribution in [3.63, 3.8) is 0 Å². The van der Waals surface area contributed by atoms with Crippen molar-refractivity contribution in [2.24, 2.45) is 0 Å². The Morgan fingerprint density at radius 2 is 2.10 bits per heavy atom. The Balaban J connectivity index is 2.73. The quantitative estimate of drug-likeness (QED) is 0.807. The first-order valence-electron chi connectivity index (χ1n) is 6.21. The molecule has 0 bridgehead atoms. The van der Waals surface area contributed by atoms with Crippen LogP contribution in [0.15, 0.2) is 29.2 Å². The molecule has 0 aliphatic carbocycles. The fourth-order valence-electron chi connectivity index (χ4n) is 2.11. The average molecular weight is 275 g/mol. The molecule has 0 fully saturated rings. The highest BCUT2D eigenvalue weighted by molar-refractivity contribution is 5.97. The minimum Gasteiger partial charge on any atom is -0.477 e. The zero-order valence-electron chi connectivity index (χ0n) is 11.5. The molecule has 0 unspecified atom stereocenters. The van der Waals surface area contributed by atoms with Crippen molar-refractivity contribution in [2.45, 2.75) is 6.54 Å². The molecule has 1 heterocycles. The van der Waals surface area contributed by atoms with Crippen LogP contribution < -0.4 is 11.2 Å². The molecular weight excluding hydrogens is 258 g/mol. The predicted octanol–water partition coefficient (Wildman–Crippen LogP) is 0.844. The van der Waals surface area contributed by atoms with E-state index in [0.717, 1.165) is 6.54 Å². The van der Waals surface area contributed by atoms with Crippen molar-refractivity contribution in [1.82, 2.24) is 9.47 Å². The molecular formula is C14H17N3O3. The molecule has 20 heavy (non-hydrogen) atoms. The first kappa shape index (κ1) is 14.1. The number of benzene rings is 1. The van der Waals surface area contributed by atoms with Gasteiger partial charge in [-0.2, -0.15) is 0 Å². The number of nitrogens with two attached hydrogens (primary N) is 1. The van der Waals surface area contributed by atoms with Crippen LogP contribution in [0.1, 0.15) is 10.4 Å². The van der Waals surface area contributed by atoms with Gasteiger partial charge in [0, 0.05) is 25.0 Å². The van der Waals surface area contributed by atoms with Gasteiger partial charge >= 0.3 is 5.97 Å². The summed E-state index contributed by atoms with van der Waals surface area (Å²) in [5.74, 6) is -1.24. The molecule has 106 valence electrons. The van der Waals surface area contributed by atoms with Crippen LogP contribution in [0.2, 0.25) is 0 Å². The van der Waals surface area contributed by atoms with Gasteiger partial charge in [0.05, 0.1) is 10.9 Å². The highest BCUT2D eigenvalue weighted by atomic mass is 16.4. The lowest BCUT2D eigenvalue weighted by atomic mass is 10.1. The first-order chi connectivity index (χ1) is 9.41. The third-order valence-electron chi connectivity index (χ3n) is 3.16. The number of hydrogen-bond acceptors (Lipinski definition) is 4. The summed E-state index contributed by atoms with van der Waals surface area (Å²) < 4.78 is 1.76. The SMILES string of the molecule is CN(C)CCn1cc(C(=O)O)c(=O)c2c(N)cccc21. The van der Waals surface area contributed by atoms with Crippen molar-refractivity contribution < 1.29 is 9.90 Å². The number of hydrogen-bond donors (Lipinski definition) is 2. The number of aromatic nitrogens is 1. The van der Waals surface area contributed by atoms with Crippen LogP contribution in [-0.4, -0.2) is 41.2 Å². The van der Waals surface area contributed by atoms with Crippen LogP contribution in [0.25, 0.3) is 10.9 Å². The molecule has 0 amide bonds. The number of likely N-dealkylation sites (N-methyl/N-ethyl adjacent to an activating group) is 1. The molecule has 1 aromatic carbocycles. The molecule has 3 N–H and O–H groups in total.